The lowest BCUT2D eigenvalue weighted by molar-refractivity contribution is -0.172. The highest BCUT2D eigenvalue weighted by molar-refractivity contribution is 5.94. The van der Waals surface area contributed by atoms with Gasteiger partial charge in [0.15, 0.2) is 5.41 Å². The summed E-state index contributed by atoms with van der Waals surface area (Å²) < 4.78 is 5.56. The van der Waals surface area contributed by atoms with Gasteiger partial charge >= 0.3 is 5.97 Å². The molecule has 0 bridgehead atoms. The van der Waals surface area contributed by atoms with Crippen LogP contribution in [0.5, 0.6) is 0 Å². The number of carboxylic acids is 1. The van der Waals surface area contributed by atoms with Gasteiger partial charge in [0.1, 0.15) is 6.23 Å². The van der Waals surface area contributed by atoms with Gasteiger partial charge in [-0.15, -0.1) is 0 Å². The molecule has 4 rings (SSSR count). The summed E-state index contributed by atoms with van der Waals surface area (Å²) in [5.74, 6) is -1.13. The third kappa shape index (κ3) is 2.20. The predicted molar refractivity (Wildman–Crippen MR) is 90.6 cm³/mol. The lowest BCUT2D eigenvalue weighted by Crippen LogP contribution is -2.60. The number of carbonyl (C=O) groups excluding carboxylic acids is 1. The summed E-state index contributed by atoms with van der Waals surface area (Å²) in [5, 5.41) is 10.4. The van der Waals surface area contributed by atoms with Crippen LogP contribution in [0.3, 0.4) is 0 Å². The molecule has 2 aliphatic rings. The monoisotopic (exact) mass is 335 g/mol. The fraction of sp³-hybridized carbons (Fsp3) is 0.200. The van der Waals surface area contributed by atoms with Crippen LogP contribution in [-0.2, 0) is 19.7 Å². The SMILES string of the molecule is O=C1CC2OCC=C(C(C(=O)O)(c3ccccc3)c3ccccc3)N12. The molecule has 2 aromatic carbocycles. The Kier molecular flexibility index (Phi) is 3.66. The van der Waals surface area contributed by atoms with Crippen LogP contribution in [0, 0.1) is 0 Å². The van der Waals surface area contributed by atoms with Crippen LogP contribution in [0.4, 0.5) is 0 Å². The van der Waals surface area contributed by atoms with Gasteiger partial charge < -0.3 is 9.84 Å². The van der Waals surface area contributed by atoms with Crippen molar-refractivity contribution in [2.75, 3.05) is 6.61 Å². The molecule has 126 valence electrons. The van der Waals surface area contributed by atoms with Gasteiger partial charge in [0.25, 0.3) is 0 Å². The minimum Gasteiger partial charge on any atom is -0.480 e. The number of aliphatic carboxylic acids is 1. The Hall–Kier alpha value is -2.92. The molecule has 2 aromatic rings. The van der Waals surface area contributed by atoms with Gasteiger partial charge in [0, 0.05) is 5.70 Å². The average molecular weight is 335 g/mol. The molecule has 2 aliphatic heterocycles. The number of β-lactam (4-membered cyclic amide) rings is 1. The van der Waals surface area contributed by atoms with E-state index < -0.39 is 11.4 Å². The zero-order valence-corrected chi connectivity index (χ0v) is 13.5. The first kappa shape index (κ1) is 15.6. The fourth-order valence-corrected chi connectivity index (χ4v) is 3.68. The first-order valence-corrected chi connectivity index (χ1v) is 8.14. The van der Waals surface area contributed by atoms with Crippen LogP contribution >= 0.6 is 0 Å². The van der Waals surface area contributed by atoms with Crippen molar-refractivity contribution in [2.45, 2.75) is 18.1 Å². The molecule has 0 saturated carbocycles. The minimum atomic E-state index is -1.46. The van der Waals surface area contributed by atoms with E-state index in [0.717, 1.165) is 0 Å². The second-order valence-corrected chi connectivity index (χ2v) is 6.13. The number of benzene rings is 2. The van der Waals surface area contributed by atoms with E-state index in [0.29, 0.717) is 23.4 Å². The van der Waals surface area contributed by atoms with E-state index in [1.54, 1.807) is 30.3 Å². The van der Waals surface area contributed by atoms with Crippen molar-refractivity contribution in [1.82, 2.24) is 4.90 Å². The maximum Gasteiger partial charge on any atom is 0.324 e. The molecule has 1 fully saturated rings. The molecule has 0 radical (unpaired) electrons. The molecule has 0 spiro atoms. The van der Waals surface area contributed by atoms with E-state index in [1.807, 2.05) is 36.4 Å². The van der Waals surface area contributed by atoms with Gasteiger partial charge in [-0.25, -0.2) is 0 Å². The zero-order valence-electron chi connectivity index (χ0n) is 13.5. The lowest BCUT2D eigenvalue weighted by Gasteiger charge is -2.49. The maximum atomic E-state index is 12.7. The van der Waals surface area contributed by atoms with E-state index >= 15 is 0 Å². The quantitative estimate of drug-likeness (QED) is 0.872. The summed E-state index contributed by atoms with van der Waals surface area (Å²) in [6.07, 6.45) is 1.62. The standard InChI is InChI=1S/C20H17NO4/c22-17-13-18-21(17)16(11-12-25-18)20(19(23)24,14-7-3-1-4-8-14)15-9-5-2-6-10-15/h1-11,18H,12-13H2,(H,23,24). The molecule has 0 aromatic heterocycles. The van der Waals surface area contributed by atoms with Crippen molar-refractivity contribution in [1.29, 1.82) is 0 Å². The van der Waals surface area contributed by atoms with Gasteiger partial charge in [0.2, 0.25) is 5.91 Å². The van der Waals surface area contributed by atoms with Crippen molar-refractivity contribution in [3.63, 3.8) is 0 Å². The number of fused-ring (bicyclic) bond motifs is 1. The Morgan fingerprint density at radius 1 is 1.04 bits per heavy atom. The summed E-state index contributed by atoms with van der Waals surface area (Å²) in [6, 6.07) is 18.1. The number of nitrogens with zero attached hydrogens (tertiary/aromatic N) is 1. The molecule has 25 heavy (non-hydrogen) atoms. The lowest BCUT2D eigenvalue weighted by atomic mass is 9.70. The summed E-state index contributed by atoms with van der Waals surface area (Å²) in [7, 11) is 0. The molecule has 1 unspecified atom stereocenters. The molecule has 2 heterocycles. The predicted octanol–water partition coefficient (Wildman–Crippen LogP) is 2.53. The number of amides is 1. The smallest absolute Gasteiger partial charge is 0.324 e. The Balaban J connectivity index is 2.00. The highest BCUT2D eigenvalue weighted by Gasteiger charge is 2.54. The summed E-state index contributed by atoms with van der Waals surface area (Å²) in [4.78, 5) is 26.4. The van der Waals surface area contributed by atoms with Gasteiger partial charge in [-0.1, -0.05) is 60.7 Å². The topological polar surface area (TPSA) is 66.8 Å². The number of rotatable bonds is 4. The van der Waals surface area contributed by atoms with Gasteiger partial charge in [-0.2, -0.15) is 0 Å². The third-order valence-corrected chi connectivity index (χ3v) is 4.85. The first-order valence-electron chi connectivity index (χ1n) is 8.14. The highest BCUT2D eigenvalue weighted by atomic mass is 16.5. The van der Waals surface area contributed by atoms with Crippen LogP contribution in [0.15, 0.2) is 72.4 Å². The van der Waals surface area contributed by atoms with Crippen LogP contribution < -0.4 is 0 Å². The van der Waals surface area contributed by atoms with E-state index in [9.17, 15) is 14.7 Å². The van der Waals surface area contributed by atoms with Crippen LogP contribution in [0.2, 0.25) is 0 Å². The third-order valence-electron chi connectivity index (χ3n) is 4.85. The van der Waals surface area contributed by atoms with Crippen molar-refractivity contribution in [3.8, 4) is 0 Å². The Morgan fingerprint density at radius 3 is 2.08 bits per heavy atom. The maximum absolute atomic E-state index is 12.7. The van der Waals surface area contributed by atoms with Crippen molar-refractivity contribution in [2.24, 2.45) is 0 Å². The molecule has 1 amide bonds. The van der Waals surface area contributed by atoms with Gasteiger partial charge in [0.05, 0.1) is 13.0 Å². The molecular formula is C20H17NO4. The normalized spacial score (nSPS) is 19.7. The van der Waals surface area contributed by atoms with E-state index in [4.69, 9.17) is 4.74 Å². The van der Waals surface area contributed by atoms with Gasteiger partial charge in [-0.3, -0.25) is 14.5 Å². The van der Waals surface area contributed by atoms with Crippen molar-refractivity contribution < 1.29 is 19.4 Å². The van der Waals surface area contributed by atoms with E-state index in [-0.39, 0.29) is 18.6 Å². The average Bonchev–Trinajstić information content (AvgIpc) is 2.63. The second-order valence-electron chi connectivity index (χ2n) is 6.13. The molecule has 1 N–H and O–H groups in total. The largest absolute Gasteiger partial charge is 0.480 e. The summed E-state index contributed by atoms with van der Waals surface area (Å²) in [5.41, 5.74) is 0.228. The highest BCUT2D eigenvalue weighted by Crippen LogP contribution is 2.45. The molecule has 1 saturated heterocycles. The minimum absolute atomic E-state index is 0.117. The van der Waals surface area contributed by atoms with E-state index in [2.05, 4.69) is 0 Å². The molecule has 1 atom stereocenters. The van der Waals surface area contributed by atoms with Crippen LogP contribution in [0.1, 0.15) is 17.5 Å². The Labute approximate surface area is 145 Å². The second kappa shape index (κ2) is 5.86. The Bertz CT molecular complexity index is 805. The molecule has 5 nitrogen and oxygen atoms in total. The van der Waals surface area contributed by atoms with Crippen molar-refractivity contribution in [3.05, 3.63) is 83.6 Å². The molecule has 5 heteroatoms. The number of hydrogen-bond acceptors (Lipinski definition) is 3. The Morgan fingerprint density at radius 2 is 1.60 bits per heavy atom. The zero-order chi connectivity index (χ0) is 17.4. The summed E-state index contributed by atoms with van der Waals surface area (Å²) >= 11 is 0. The first-order chi connectivity index (χ1) is 12.2. The fourth-order valence-electron chi connectivity index (χ4n) is 3.68. The van der Waals surface area contributed by atoms with E-state index in [1.165, 1.54) is 4.90 Å². The van der Waals surface area contributed by atoms with Gasteiger partial charge in [-0.05, 0) is 17.2 Å². The van der Waals surface area contributed by atoms with Crippen LogP contribution in [-0.4, -0.2) is 34.7 Å². The number of carboxylic acid groups (broad SMARTS) is 1. The number of hydrogen-bond donors (Lipinski definition) is 1. The molecular weight excluding hydrogens is 318 g/mol. The number of carbonyl (C=O) groups is 2. The summed E-state index contributed by atoms with van der Waals surface area (Å²) in [6.45, 7) is 0.290. The molecule has 0 aliphatic carbocycles. The number of ether oxygens (including phenoxy) is 1. The van der Waals surface area contributed by atoms with Crippen LogP contribution in [0.25, 0.3) is 0 Å². The van der Waals surface area contributed by atoms with Crippen molar-refractivity contribution >= 4 is 11.9 Å².